The maximum Gasteiger partial charge on any atom is 0.301 e. The van der Waals surface area contributed by atoms with Gasteiger partial charge in [-0.2, -0.15) is 8.42 Å². The summed E-state index contributed by atoms with van der Waals surface area (Å²) in [6.45, 7) is 1.55. The molecule has 1 aliphatic carbocycles. The second-order valence-electron chi connectivity index (χ2n) is 10.3. The predicted molar refractivity (Wildman–Crippen MR) is 153 cm³/mol. The minimum Gasteiger partial charge on any atom is -0.335 e. The van der Waals surface area contributed by atoms with Crippen molar-refractivity contribution in [2.24, 2.45) is 0 Å². The number of rotatable bonds is 5. The first-order valence-electron chi connectivity index (χ1n) is 13.4. The lowest BCUT2D eigenvalue weighted by Crippen LogP contribution is -2.43. The van der Waals surface area contributed by atoms with Crippen molar-refractivity contribution in [1.29, 1.82) is 0 Å². The Balaban J connectivity index is 1.73. The Labute approximate surface area is 233 Å². The van der Waals surface area contributed by atoms with Gasteiger partial charge in [0.1, 0.15) is 0 Å². The van der Waals surface area contributed by atoms with Crippen LogP contribution >= 0.6 is 0 Å². The number of hydrazine groups is 1. The van der Waals surface area contributed by atoms with Crippen LogP contribution in [0.3, 0.4) is 0 Å². The standard InChI is InChI=1S/C29H33N5O5S/c1-18(35)31-33(3)29(37)22-15-20-11-7-8-12-23(20)27-26(19-9-5-4-6-10-19)24-14-13-21(16-25(24)34(27)17-22)28(36)32-40(38,39)30-2/h7-8,11-16,19,30H,4-6,9-10,17H2,1-3H3,(H,31,35)(H,32,36). The van der Waals surface area contributed by atoms with E-state index in [0.717, 1.165) is 53.4 Å². The van der Waals surface area contributed by atoms with Crippen molar-refractivity contribution in [1.82, 2.24) is 24.4 Å². The summed E-state index contributed by atoms with van der Waals surface area (Å²) in [4.78, 5) is 38.1. The van der Waals surface area contributed by atoms with Crippen LogP contribution in [0.4, 0.5) is 0 Å². The number of carbonyl (C=O) groups is 3. The van der Waals surface area contributed by atoms with Gasteiger partial charge in [-0.05, 0) is 48.1 Å². The molecule has 11 heteroatoms. The SMILES string of the molecule is CNS(=O)(=O)NC(=O)c1ccc2c(C3CCCCC3)c3n(c2c1)CC(C(=O)N(C)NC(C)=O)=Cc1ccccc1-3. The molecule has 1 fully saturated rings. The van der Waals surface area contributed by atoms with E-state index < -0.39 is 16.1 Å². The van der Waals surface area contributed by atoms with Gasteiger partial charge in [0.15, 0.2) is 0 Å². The zero-order chi connectivity index (χ0) is 28.6. The number of likely N-dealkylation sites (N-methyl/N-ethyl adjacent to an activating group) is 1. The molecule has 0 spiro atoms. The minimum absolute atomic E-state index is 0.187. The highest BCUT2D eigenvalue weighted by Gasteiger charge is 2.31. The normalized spacial score (nSPS) is 15.4. The van der Waals surface area contributed by atoms with Gasteiger partial charge in [-0.1, -0.05) is 49.6 Å². The highest BCUT2D eigenvalue weighted by molar-refractivity contribution is 7.88. The molecule has 1 aromatic heterocycles. The predicted octanol–water partition coefficient (Wildman–Crippen LogP) is 3.46. The second kappa shape index (κ2) is 10.9. The Morgan fingerprint density at radius 2 is 1.75 bits per heavy atom. The highest BCUT2D eigenvalue weighted by Crippen LogP contribution is 2.46. The molecular weight excluding hydrogens is 530 g/mol. The van der Waals surface area contributed by atoms with Crippen molar-refractivity contribution in [2.75, 3.05) is 14.1 Å². The summed E-state index contributed by atoms with van der Waals surface area (Å²) in [6, 6.07) is 13.1. The molecule has 2 aromatic carbocycles. The summed E-state index contributed by atoms with van der Waals surface area (Å²) in [5.41, 5.74) is 7.97. The van der Waals surface area contributed by atoms with Crippen molar-refractivity contribution in [3.8, 4) is 11.3 Å². The van der Waals surface area contributed by atoms with Crippen LogP contribution in [0, 0.1) is 0 Å². The summed E-state index contributed by atoms with van der Waals surface area (Å²) < 4.78 is 30.2. The fourth-order valence-corrected chi connectivity index (χ4v) is 6.35. The molecule has 1 saturated carbocycles. The summed E-state index contributed by atoms with van der Waals surface area (Å²) in [7, 11) is -1.25. The van der Waals surface area contributed by atoms with Gasteiger partial charge in [0, 0.05) is 48.6 Å². The van der Waals surface area contributed by atoms with Gasteiger partial charge in [0.2, 0.25) is 5.91 Å². The van der Waals surface area contributed by atoms with Crippen molar-refractivity contribution < 1.29 is 22.8 Å². The molecule has 1 aliphatic heterocycles. The first-order valence-corrected chi connectivity index (χ1v) is 14.8. The van der Waals surface area contributed by atoms with Gasteiger partial charge in [0.05, 0.1) is 12.2 Å². The lowest BCUT2D eigenvalue weighted by atomic mass is 9.81. The summed E-state index contributed by atoms with van der Waals surface area (Å²) in [6.07, 6.45) is 7.40. The number of amides is 3. The van der Waals surface area contributed by atoms with Gasteiger partial charge in [-0.3, -0.25) is 24.8 Å². The molecule has 0 unspecified atom stereocenters. The van der Waals surface area contributed by atoms with E-state index in [2.05, 4.69) is 14.7 Å². The number of nitrogens with one attached hydrogen (secondary N) is 3. The molecule has 40 heavy (non-hydrogen) atoms. The number of hydrogen-bond donors (Lipinski definition) is 3. The van der Waals surface area contributed by atoms with Crippen molar-refractivity contribution in [3.63, 3.8) is 0 Å². The lowest BCUT2D eigenvalue weighted by Gasteiger charge is -2.24. The van der Waals surface area contributed by atoms with Gasteiger partial charge >= 0.3 is 10.2 Å². The van der Waals surface area contributed by atoms with Crippen LogP contribution in [0.1, 0.15) is 66.4 Å². The van der Waals surface area contributed by atoms with Gasteiger partial charge in [0.25, 0.3) is 11.8 Å². The topological polar surface area (TPSA) is 130 Å². The highest BCUT2D eigenvalue weighted by atomic mass is 32.2. The number of hydrogen-bond acceptors (Lipinski definition) is 5. The van der Waals surface area contributed by atoms with Crippen LogP contribution in [-0.2, 0) is 26.3 Å². The molecule has 3 N–H and O–H groups in total. The van der Waals surface area contributed by atoms with E-state index in [9.17, 15) is 22.8 Å². The number of carbonyl (C=O) groups excluding carboxylic acids is 3. The number of benzene rings is 2. The molecule has 5 rings (SSSR count). The van der Waals surface area contributed by atoms with Crippen LogP contribution in [0.15, 0.2) is 48.0 Å². The zero-order valence-corrected chi connectivity index (χ0v) is 23.6. The van der Waals surface area contributed by atoms with Crippen molar-refractivity contribution >= 4 is 44.9 Å². The average molecular weight is 564 g/mol. The molecule has 3 aromatic rings. The Bertz CT molecular complexity index is 1650. The molecule has 210 valence electrons. The Morgan fingerprint density at radius 1 is 1.02 bits per heavy atom. The summed E-state index contributed by atoms with van der Waals surface area (Å²) in [5, 5.41) is 2.16. The number of nitrogens with zero attached hydrogens (tertiary/aromatic N) is 2. The van der Waals surface area contributed by atoms with Gasteiger partial charge < -0.3 is 4.57 Å². The minimum atomic E-state index is -3.98. The van der Waals surface area contributed by atoms with E-state index in [0.29, 0.717) is 11.5 Å². The van der Waals surface area contributed by atoms with Crippen LogP contribution in [0.2, 0.25) is 0 Å². The molecule has 0 radical (unpaired) electrons. The van der Waals surface area contributed by atoms with Crippen molar-refractivity contribution in [2.45, 2.75) is 51.5 Å². The third-order valence-electron chi connectivity index (χ3n) is 7.65. The Hall–Kier alpha value is -3.96. The quantitative estimate of drug-likeness (QED) is 0.410. The van der Waals surface area contributed by atoms with E-state index in [-0.39, 0.29) is 23.9 Å². The first-order chi connectivity index (χ1) is 19.1. The van der Waals surface area contributed by atoms with E-state index in [1.165, 1.54) is 38.0 Å². The molecule has 2 aliphatic rings. The Kier molecular flexibility index (Phi) is 7.52. The molecule has 0 bridgehead atoms. The fourth-order valence-electron chi connectivity index (χ4n) is 5.88. The van der Waals surface area contributed by atoms with E-state index >= 15 is 0 Å². The van der Waals surface area contributed by atoms with E-state index in [4.69, 9.17) is 0 Å². The average Bonchev–Trinajstić information content (AvgIpc) is 3.14. The molecule has 2 heterocycles. The monoisotopic (exact) mass is 563 g/mol. The molecule has 0 atom stereocenters. The summed E-state index contributed by atoms with van der Waals surface area (Å²) >= 11 is 0. The van der Waals surface area contributed by atoms with Gasteiger partial charge in [-0.25, -0.2) is 9.44 Å². The van der Waals surface area contributed by atoms with Crippen LogP contribution in [0.5, 0.6) is 0 Å². The number of aromatic nitrogens is 1. The van der Waals surface area contributed by atoms with E-state index in [1.807, 2.05) is 41.1 Å². The number of fused-ring (bicyclic) bond motifs is 5. The summed E-state index contributed by atoms with van der Waals surface area (Å²) in [5.74, 6) is -1.15. The third kappa shape index (κ3) is 5.26. The second-order valence-corrected chi connectivity index (χ2v) is 12.0. The van der Waals surface area contributed by atoms with Crippen LogP contribution in [0.25, 0.3) is 28.2 Å². The van der Waals surface area contributed by atoms with Crippen LogP contribution in [-0.4, -0.2) is 49.8 Å². The first kappa shape index (κ1) is 27.6. The third-order valence-corrected chi connectivity index (χ3v) is 8.65. The molecule has 10 nitrogen and oxygen atoms in total. The fraction of sp³-hybridized carbons (Fsp3) is 0.345. The maximum absolute atomic E-state index is 13.5. The van der Waals surface area contributed by atoms with Crippen molar-refractivity contribution in [3.05, 3.63) is 64.7 Å². The molecule has 3 amide bonds. The van der Waals surface area contributed by atoms with E-state index in [1.54, 1.807) is 12.1 Å². The molecular formula is C29H33N5O5S. The Morgan fingerprint density at radius 3 is 2.45 bits per heavy atom. The maximum atomic E-state index is 13.5. The largest absolute Gasteiger partial charge is 0.335 e. The lowest BCUT2D eigenvalue weighted by molar-refractivity contribution is -0.136. The smallest absolute Gasteiger partial charge is 0.301 e. The zero-order valence-electron chi connectivity index (χ0n) is 22.8. The molecule has 0 saturated heterocycles. The van der Waals surface area contributed by atoms with Crippen LogP contribution < -0.4 is 14.9 Å². The van der Waals surface area contributed by atoms with Gasteiger partial charge in [-0.15, -0.1) is 0 Å².